The van der Waals surface area contributed by atoms with Gasteiger partial charge < -0.3 is 5.32 Å². The van der Waals surface area contributed by atoms with E-state index in [0.717, 1.165) is 23.0 Å². The molecule has 0 radical (unpaired) electrons. The minimum absolute atomic E-state index is 0.467. The fourth-order valence-corrected chi connectivity index (χ4v) is 2.84. The molecule has 0 bridgehead atoms. The Balaban J connectivity index is 2.20. The Labute approximate surface area is 109 Å². The molecular weight excluding hydrogens is 222 g/mol. The van der Waals surface area contributed by atoms with Crippen molar-refractivity contribution >= 4 is 5.82 Å². The van der Waals surface area contributed by atoms with E-state index >= 15 is 0 Å². The summed E-state index contributed by atoms with van der Waals surface area (Å²) in [5, 5.41) is 12.7. The van der Waals surface area contributed by atoms with Crippen molar-refractivity contribution in [3.8, 4) is 6.07 Å². The highest BCUT2D eigenvalue weighted by molar-refractivity contribution is 5.56. The van der Waals surface area contributed by atoms with E-state index in [4.69, 9.17) is 0 Å². The van der Waals surface area contributed by atoms with E-state index in [1.807, 2.05) is 19.9 Å². The molecule has 0 spiro atoms. The highest BCUT2D eigenvalue weighted by Gasteiger charge is 2.20. The van der Waals surface area contributed by atoms with E-state index in [0.29, 0.717) is 11.6 Å². The Hall–Kier alpha value is -1.56. The lowest BCUT2D eigenvalue weighted by atomic mass is 9.87. The Morgan fingerprint density at radius 3 is 2.83 bits per heavy atom. The predicted octanol–water partition coefficient (Wildman–Crippen LogP) is 3.56. The molecule has 2 unspecified atom stereocenters. The molecule has 1 aliphatic carbocycles. The number of aryl methyl sites for hydroxylation is 2. The SMILES string of the molecule is Cc1cc(C)c(C#N)c(NC2CCCC(C)C2)n1. The van der Waals surface area contributed by atoms with E-state index in [-0.39, 0.29) is 0 Å². The number of nitrogens with one attached hydrogen (secondary N) is 1. The zero-order valence-electron chi connectivity index (χ0n) is 11.5. The molecule has 0 amide bonds. The Morgan fingerprint density at radius 1 is 1.39 bits per heavy atom. The first-order valence-electron chi connectivity index (χ1n) is 6.75. The molecule has 1 saturated carbocycles. The summed E-state index contributed by atoms with van der Waals surface area (Å²) >= 11 is 0. The van der Waals surface area contributed by atoms with Crippen LogP contribution < -0.4 is 5.32 Å². The smallest absolute Gasteiger partial charge is 0.144 e. The van der Waals surface area contributed by atoms with Gasteiger partial charge in [0.25, 0.3) is 0 Å². The maximum atomic E-state index is 9.24. The number of anilines is 1. The van der Waals surface area contributed by atoms with E-state index in [2.05, 4.69) is 23.3 Å². The van der Waals surface area contributed by atoms with Gasteiger partial charge in [-0.1, -0.05) is 19.8 Å². The quantitative estimate of drug-likeness (QED) is 0.864. The van der Waals surface area contributed by atoms with Crippen LogP contribution in [0.2, 0.25) is 0 Å². The monoisotopic (exact) mass is 243 g/mol. The summed E-state index contributed by atoms with van der Waals surface area (Å²) in [7, 11) is 0. The highest BCUT2D eigenvalue weighted by atomic mass is 15.0. The maximum Gasteiger partial charge on any atom is 0.144 e. The lowest BCUT2D eigenvalue weighted by Crippen LogP contribution is -2.27. The summed E-state index contributed by atoms with van der Waals surface area (Å²) in [6.07, 6.45) is 4.96. The summed E-state index contributed by atoms with van der Waals surface area (Å²) in [5.74, 6) is 1.54. The number of nitrogens with zero attached hydrogens (tertiary/aromatic N) is 2. The van der Waals surface area contributed by atoms with Crippen LogP contribution in [-0.2, 0) is 0 Å². The fourth-order valence-electron chi connectivity index (χ4n) is 2.84. The zero-order valence-corrected chi connectivity index (χ0v) is 11.5. The van der Waals surface area contributed by atoms with Crippen molar-refractivity contribution in [2.45, 2.75) is 52.5 Å². The first-order chi connectivity index (χ1) is 8.60. The fraction of sp³-hybridized carbons (Fsp3) is 0.600. The van der Waals surface area contributed by atoms with Gasteiger partial charge in [0.1, 0.15) is 11.9 Å². The summed E-state index contributed by atoms with van der Waals surface area (Å²) in [6.45, 7) is 6.25. The Kier molecular flexibility index (Phi) is 3.86. The van der Waals surface area contributed by atoms with Gasteiger partial charge >= 0.3 is 0 Å². The molecule has 1 aliphatic rings. The van der Waals surface area contributed by atoms with Crippen LogP contribution in [0.25, 0.3) is 0 Å². The molecule has 1 heterocycles. The third-order valence-electron chi connectivity index (χ3n) is 3.73. The average Bonchev–Trinajstić information content (AvgIpc) is 2.28. The van der Waals surface area contributed by atoms with Crippen LogP contribution in [0.4, 0.5) is 5.82 Å². The van der Waals surface area contributed by atoms with Crippen LogP contribution in [0.15, 0.2) is 6.07 Å². The molecule has 0 aliphatic heterocycles. The first kappa shape index (κ1) is 12.9. The van der Waals surface area contributed by atoms with Crippen molar-refractivity contribution in [2.24, 2.45) is 5.92 Å². The standard InChI is InChI=1S/C15H21N3/c1-10-5-4-6-13(7-10)18-15-14(9-16)11(2)8-12(3)17-15/h8,10,13H,4-7H2,1-3H3,(H,17,18). The molecule has 3 nitrogen and oxygen atoms in total. The second kappa shape index (κ2) is 5.39. The molecule has 2 rings (SSSR count). The van der Waals surface area contributed by atoms with Crippen molar-refractivity contribution in [3.63, 3.8) is 0 Å². The second-order valence-electron chi connectivity index (χ2n) is 5.53. The Morgan fingerprint density at radius 2 is 2.17 bits per heavy atom. The largest absolute Gasteiger partial charge is 0.366 e. The van der Waals surface area contributed by atoms with Crippen LogP contribution in [0.3, 0.4) is 0 Å². The van der Waals surface area contributed by atoms with Gasteiger partial charge in [-0.2, -0.15) is 5.26 Å². The van der Waals surface area contributed by atoms with Crippen molar-refractivity contribution in [2.75, 3.05) is 5.32 Å². The number of hydrogen-bond acceptors (Lipinski definition) is 3. The summed E-state index contributed by atoms with van der Waals surface area (Å²) < 4.78 is 0. The van der Waals surface area contributed by atoms with Gasteiger partial charge in [0.05, 0.1) is 5.56 Å². The average molecular weight is 243 g/mol. The number of pyridine rings is 1. The van der Waals surface area contributed by atoms with Crippen molar-refractivity contribution in [3.05, 3.63) is 22.9 Å². The zero-order chi connectivity index (χ0) is 13.1. The molecule has 1 aromatic heterocycles. The molecule has 96 valence electrons. The summed E-state index contributed by atoms with van der Waals surface area (Å²) in [5.41, 5.74) is 2.67. The van der Waals surface area contributed by atoms with Gasteiger partial charge in [-0.3, -0.25) is 0 Å². The number of nitriles is 1. The van der Waals surface area contributed by atoms with Crippen LogP contribution in [0, 0.1) is 31.1 Å². The van der Waals surface area contributed by atoms with E-state index in [1.165, 1.54) is 25.7 Å². The number of aromatic nitrogens is 1. The van der Waals surface area contributed by atoms with Crippen LogP contribution in [-0.4, -0.2) is 11.0 Å². The third kappa shape index (κ3) is 2.81. The summed E-state index contributed by atoms with van der Waals surface area (Å²) in [6, 6.07) is 4.70. The van der Waals surface area contributed by atoms with E-state index in [1.54, 1.807) is 0 Å². The molecule has 0 aromatic carbocycles. The van der Waals surface area contributed by atoms with Gasteiger partial charge in [-0.25, -0.2) is 4.98 Å². The molecule has 2 atom stereocenters. The van der Waals surface area contributed by atoms with Crippen LogP contribution >= 0.6 is 0 Å². The van der Waals surface area contributed by atoms with E-state index < -0.39 is 0 Å². The molecule has 0 saturated heterocycles. The predicted molar refractivity (Wildman–Crippen MR) is 73.5 cm³/mol. The van der Waals surface area contributed by atoms with Gasteiger partial charge in [-0.05, 0) is 44.2 Å². The molecule has 18 heavy (non-hydrogen) atoms. The minimum Gasteiger partial charge on any atom is -0.366 e. The lowest BCUT2D eigenvalue weighted by molar-refractivity contribution is 0.358. The van der Waals surface area contributed by atoms with Crippen LogP contribution in [0.5, 0.6) is 0 Å². The van der Waals surface area contributed by atoms with Crippen LogP contribution in [0.1, 0.15) is 49.4 Å². The van der Waals surface area contributed by atoms with Gasteiger partial charge in [0.2, 0.25) is 0 Å². The molecular formula is C15H21N3. The molecule has 1 N–H and O–H groups in total. The van der Waals surface area contributed by atoms with Gasteiger partial charge in [0, 0.05) is 11.7 Å². The van der Waals surface area contributed by atoms with Crippen molar-refractivity contribution in [1.82, 2.24) is 4.98 Å². The van der Waals surface area contributed by atoms with Crippen molar-refractivity contribution < 1.29 is 0 Å². The Bertz CT molecular complexity index is 473. The lowest BCUT2D eigenvalue weighted by Gasteiger charge is -2.28. The second-order valence-corrected chi connectivity index (χ2v) is 5.53. The minimum atomic E-state index is 0.467. The normalized spacial score (nSPS) is 23.4. The number of hydrogen-bond donors (Lipinski definition) is 1. The first-order valence-corrected chi connectivity index (χ1v) is 6.75. The topological polar surface area (TPSA) is 48.7 Å². The third-order valence-corrected chi connectivity index (χ3v) is 3.73. The summed E-state index contributed by atoms with van der Waals surface area (Å²) in [4.78, 5) is 4.49. The van der Waals surface area contributed by atoms with Gasteiger partial charge in [0.15, 0.2) is 0 Å². The molecule has 1 aromatic rings. The van der Waals surface area contributed by atoms with E-state index in [9.17, 15) is 5.26 Å². The highest BCUT2D eigenvalue weighted by Crippen LogP contribution is 2.27. The number of rotatable bonds is 2. The maximum absolute atomic E-state index is 9.24. The molecule has 3 heteroatoms. The molecule has 1 fully saturated rings. The van der Waals surface area contributed by atoms with Gasteiger partial charge in [-0.15, -0.1) is 0 Å². The van der Waals surface area contributed by atoms with Crippen molar-refractivity contribution in [1.29, 1.82) is 5.26 Å².